The van der Waals surface area contributed by atoms with Crippen LogP contribution in [0, 0.1) is 5.82 Å². The standard InChI is InChI=1S/C16H15ClFNO2/c1-20-9-5-6-10-13(19)8-15(21-14(10)7-9)11-3-2-4-12(17)16(11)18/h2-7,13,15H,8,19H2,1H3/t13-,15?/m0/s1. The minimum absolute atomic E-state index is 0.0844. The van der Waals surface area contributed by atoms with Gasteiger partial charge < -0.3 is 15.2 Å². The van der Waals surface area contributed by atoms with Gasteiger partial charge in [-0.3, -0.25) is 0 Å². The lowest BCUT2D eigenvalue weighted by Crippen LogP contribution is -2.24. The molecule has 0 aromatic heterocycles. The molecular weight excluding hydrogens is 293 g/mol. The molecule has 0 radical (unpaired) electrons. The molecule has 0 fully saturated rings. The number of benzene rings is 2. The molecule has 1 heterocycles. The van der Waals surface area contributed by atoms with Gasteiger partial charge in [0.2, 0.25) is 0 Å². The molecule has 0 bridgehead atoms. The number of rotatable bonds is 2. The number of ether oxygens (including phenoxy) is 2. The second-order valence-electron chi connectivity index (χ2n) is 5.00. The normalized spacial score (nSPS) is 20.6. The second kappa shape index (κ2) is 5.54. The van der Waals surface area contributed by atoms with Gasteiger partial charge in [-0.15, -0.1) is 0 Å². The van der Waals surface area contributed by atoms with Crippen LogP contribution in [0.15, 0.2) is 36.4 Å². The van der Waals surface area contributed by atoms with Crippen molar-refractivity contribution < 1.29 is 13.9 Å². The summed E-state index contributed by atoms with van der Waals surface area (Å²) in [6.07, 6.45) is 0.0367. The van der Waals surface area contributed by atoms with E-state index in [4.69, 9.17) is 26.8 Å². The summed E-state index contributed by atoms with van der Waals surface area (Å²) in [5, 5.41) is 0.0844. The van der Waals surface area contributed by atoms with Crippen molar-refractivity contribution in [3.05, 3.63) is 58.4 Å². The fourth-order valence-electron chi connectivity index (χ4n) is 2.57. The van der Waals surface area contributed by atoms with Crippen molar-refractivity contribution in [1.29, 1.82) is 0 Å². The van der Waals surface area contributed by atoms with Crippen molar-refractivity contribution in [3.8, 4) is 11.5 Å². The highest BCUT2D eigenvalue weighted by Gasteiger charge is 2.29. The van der Waals surface area contributed by atoms with E-state index in [0.717, 1.165) is 5.56 Å². The predicted molar refractivity (Wildman–Crippen MR) is 79.3 cm³/mol. The van der Waals surface area contributed by atoms with E-state index in [0.29, 0.717) is 23.5 Å². The van der Waals surface area contributed by atoms with Crippen molar-refractivity contribution in [2.75, 3.05) is 7.11 Å². The number of hydrogen-bond acceptors (Lipinski definition) is 3. The molecule has 1 unspecified atom stereocenters. The van der Waals surface area contributed by atoms with Gasteiger partial charge in [-0.05, 0) is 12.1 Å². The fraction of sp³-hybridized carbons (Fsp3) is 0.250. The molecule has 21 heavy (non-hydrogen) atoms. The summed E-state index contributed by atoms with van der Waals surface area (Å²) in [6, 6.07) is 10.2. The number of methoxy groups -OCH3 is 1. The molecule has 2 N–H and O–H groups in total. The topological polar surface area (TPSA) is 44.5 Å². The van der Waals surface area contributed by atoms with Crippen LogP contribution in [0.4, 0.5) is 4.39 Å². The van der Waals surface area contributed by atoms with Crippen LogP contribution in [0.2, 0.25) is 5.02 Å². The van der Waals surface area contributed by atoms with Gasteiger partial charge in [-0.25, -0.2) is 4.39 Å². The van der Waals surface area contributed by atoms with Crippen LogP contribution in [0.5, 0.6) is 11.5 Å². The highest BCUT2D eigenvalue weighted by molar-refractivity contribution is 6.30. The number of halogens is 2. The molecule has 0 saturated heterocycles. The van der Waals surface area contributed by atoms with E-state index in [-0.39, 0.29) is 11.1 Å². The monoisotopic (exact) mass is 307 g/mol. The molecule has 5 heteroatoms. The molecule has 2 aromatic carbocycles. The van der Waals surface area contributed by atoms with Gasteiger partial charge in [-0.2, -0.15) is 0 Å². The number of hydrogen-bond donors (Lipinski definition) is 1. The lowest BCUT2D eigenvalue weighted by molar-refractivity contribution is 0.157. The van der Waals surface area contributed by atoms with Gasteiger partial charge in [0, 0.05) is 29.7 Å². The first-order valence-electron chi connectivity index (χ1n) is 6.64. The van der Waals surface area contributed by atoms with E-state index in [2.05, 4.69) is 0 Å². The Morgan fingerprint density at radius 3 is 2.86 bits per heavy atom. The summed E-state index contributed by atoms with van der Waals surface area (Å²) in [5.41, 5.74) is 7.50. The molecule has 3 nitrogen and oxygen atoms in total. The summed E-state index contributed by atoms with van der Waals surface area (Å²) in [6.45, 7) is 0. The van der Waals surface area contributed by atoms with E-state index < -0.39 is 11.9 Å². The van der Waals surface area contributed by atoms with E-state index in [1.54, 1.807) is 25.3 Å². The lowest BCUT2D eigenvalue weighted by Gasteiger charge is -2.31. The SMILES string of the molecule is COc1ccc2c(c1)OC(c1cccc(Cl)c1F)C[C@@H]2N. The maximum absolute atomic E-state index is 14.2. The molecule has 1 aliphatic heterocycles. The maximum atomic E-state index is 14.2. The van der Waals surface area contributed by atoms with E-state index in [9.17, 15) is 4.39 Å². The summed E-state index contributed by atoms with van der Waals surface area (Å²) >= 11 is 5.84. The van der Waals surface area contributed by atoms with Gasteiger partial charge in [0.25, 0.3) is 0 Å². The van der Waals surface area contributed by atoms with Crippen molar-refractivity contribution in [1.82, 2.24) is 0 Å². The summed E-state index contributed by atoms with van der Waals surface area (Å²) in [5.74, 6) is 0.841. The Bertz CT molecular complexity index is 677. The van der Waals surface area contributed by atoms with Crippen LogP contribution in [-0.2, 0) is 0 Å². The summed E-state index contributed by atoms with van der Waals surface area (Å²) < 4.78 is 25.2. The molecule has 0 amide bonds. The Hall–Kier alpha value is -1.78. The number of fused-ring (bicyclic) bond motifs is 1. The Balaban J connectivity index is 1.99. The quantitative estimate of drug-likeness (QED) is 0.911. The lowest BCUT2D eigenvalue weighted by atomic mass is 9.93. The van der Waals surface area contributed by atoms with Gasteiger partial charge >= 0.3 is 0 Å². The largest absolute Gasteiger partial charge is 0.497 e. The zero-order valence-corrected chi connectivity index (χ0v) is 12.2. The highest BCUT2D eigenvalue weighted by atomic mass is 35.5. The van der Waals surface area contributed by atoms with Gasteiger partial charge in [0.1, 0.15) is 23.4 Å². The van der Waals surface area contributed by atoms with Gasteiger partial charge in [0.15, 0.2) is 0 Å². The Labute approximate surface area is 127 Å². The fourth-order valence-corrected chi connectivity index (χ4v) is 2.75. The van der Waals surface area contributed by atoms with Crippen LogP contribution in [-0.4, -0.2) is 7.11 Å². The first-order chi connectivity index (χ1) is 10.1. The van der Waals surface area contributed by atoms with E-state index in [1.165, 1.54) is 6.07 Å². The maximum Gasteiger partial charge on any atom is 0.148 e. The molecule has 0 aliphatic carbocycles. The Morgan fingerprint density at radius 1 is 1.29 bits per heavy atom. The van der Waals surface area contributed by atoms with Crippen molar-refractivity contribution in [3.63, 3.8) is 0 Å². The molecule has 2 atom stereocenters. The van der Waals surface area contributed by atoms with Crippen molar-refractivity contribution >= 4 is 11.6 Å². The van der Waals surface area contributed by atoms with Crippen molar-refractivity contribution in [2.24, 2.45) is 5.73 Å². The first kappa shape index (κ1) is 14.2. The third kappa shape index (κ3) is 2.57. The molecule has 0 spiro atoms. The summed E-state index contributed by atoms with van der Waals surface area (Å²) in [4.78, 5) is 0. The van der Waals surface area contributed by atoms with Gasteiger partial charge in [0.05, 0.1) is 12.1 Å². The van der Waals surface area contributed by atoms with Crippen LogP contribution >= 0.6 is 11.6 Å². The second-order valence-corrected chi connectivity index (χ2v) is 5.40. The van der Waals surface area contributed by atoms with Crippen LogP contribution in [0.25, 0.3) is 0 Å². The Kier molecular flexibility index (Phi) is 3.74. The first-order valence-corrected chi connectivity index (χ1v) is 7.02. The summed E-state index contributed by atoms with van der Waals surface area (Å²) in [7, 11) is 1.58. The minimum Gasteiger partial charge on any atom is -0.497 e. The average Bonchev–Trinajstić information content (AvgIpc) is 2.49. The van der Waals surface area contributed by atoms with E-state index in [1.807, 2.05) is 12.1 Å². The molecular formula is C16H15ClFNO2. The molecule has 2 aromatic rings. The zero-order chi connectivity index (χ0) is 15.0. The van der Waals surface area contributed by atoms with Crippen molar-refractivity contribution in [2.45, 2.75) is 18.6 Å². The van der Waals surface area contributed by atoms with Crippen LogP contribution in [0.3, 0.4) is 0 Å². The van der Waals surface area contributed by atoms with Crippen LogP contribution in [0.1, 0.15) is 29.7 Å². The zero-order valence-electron chi connectivity index (χ0n) is 11.5. The third-order valence-electron chi connectivity index (χ3n) is 3.69. The third-order valence-corrected chi connectivity index (χ3v) is 3.98. The highest BCUT2D eigenvalue weighted by Crippen LogP contribution is 2.42. The number of nitrogens with two attached hydrogens (primary N) is 1. The van der Waals surface area contributed by atoms with Gasteiger partial charge in [-0.1, -0.05) is 29.8 Å². The molecule has 1 aliphatic rings. The molecule has 110 valence electrons. The van der Waals surface area contributed by atoms with Crippen LogP contribution < -0.4 is 15.2 Å². The Morgan fingerprint density at radius 2 is 2.10 bits per heavy atom. The smallest absolute Gasteiger partial charge is 0.148 e. The predicted octanol–water partition coefficient (Wildman–Crippen LogP) is 4.01. The molecule has 3 rings (SSSR count). The van der Waals surface area contributed by atoms with E-state index >= 15 is 0 Å². The average molecular weight is 308 g/mol. The molecule has 0 saturated carbocycles. The minimum atomic E-state index is -0.460.